The van der Waals surface area contributed by atoms with Crippen LogP contribution in [0.2, 0.25) is 0 Å². The number of rotatable bonds is 4. The first-order valence-electron chi connectivity index (χ1n) is 11.5. The fourth-order valence-electron chi connectivity index (χ4n) is 4.76. The predicted octanol–water partition coefficient (Wildman–Crippen LogP) is 5.01. The molecular formula is C26H27F3N6. The van der Waals surface area contributed by atoms with Gasteiger partial charge in [0.1, 0.15) is 28.8 Å². The van der Waals surface area contributed by atoms with Gasteiger partial charge in [-0.1, -0.05) is 6.07 Å². The van der Waals surface area contributed by atoms with E-state index < -0.39 is 11.6 Å². The van der Waals surface area contributed by atoms with Crippen LogP contribution < -0.4 is 15.5 Å². The van der Waals surface area contributed by atoms with Gasteiger partial charge < -0.3 is 20.5 Å². The summed E-state index contributed by atoms with van der Waals surface area (Å²) in [5.74, 6) is -0.799. The number of pyridine rings is 1. The van der Waals surface area contributed by atoms with Crippen LogP contribution in [0.15, 0.2) is 36.5 Å². The Morgan fingerprint density at radius 3 is 2.43 bits per heavy atom. The lowest BCUT2D eigenvalue weighted by Gasteiger charge is -2.35. The third-order valence-electron chi connectivity index (χ3n) is 6.41. The molecule has 0 amide bonds. The number of hydrogen-bond donors (Lipinski definition) is 2. The van der Waals surface area contributed by atoms with Crippen LogP contribution in [0.5, 0.6) is 0 Å². The van der Waals surface area contributed by atoms with E-state index in [-0.39, 0.29) is 22.9 Å². The molecule has 0 radical (unpaired) electrons. The smallest absolute Gasteiger partial charge is 0.151 e. The highest BCUT2D eigenvalue weighted by Gasteiger charge is 2.28. The van der Waals surface area contributed by atoms with Gasteiger partial charge in [0, 0.05) is 57.1 Å². The van der Waals surface area contributed by atoms with E-state index in [0.717, 1.165) is 35.7 Å². The number of piperidine rings is 1. The normalized spacial score (nSPS) is 14.7. The molecule has 35 heavy (non-hydrogen) atoms. The Hall–Kier alpha value is -3.59. The van der Waals surface area contributed by atoms with Crippen molar-refractivity contribution >= 4 is 22.5 Å². The Kier molecular flexibility index (Phi) is 5.88. The highest BCUT2D eigenvalue weighted by atomic mass is 19.1. The maximum absolute atomic E-state index is 14.6. The number of aromatic nitrogens is 3. The second-order valence-electron chi connectivity index (χ2n) is 9.32. The van der Waals surface area contributed by atoms with Crippen molar-refractivity contribution in [3.63, 3.8) is 0 Å². The molecule has 0 atom stereocenters. The van der Waals surface area contributed by atoms with Crippen LogP contribution in [0.25, 0.3) is 33.5 Å². The Labute approximate surface area is 201 Å². The highest BCUT2D eigenvalue weighted by molar-refractivity contribution is 5.96. The molecule has 182 valence electrons. The number of nitrogens with two attached hydrogens (primary N) is 1. The molecule has 1 aliphatic heterocycles. The van der Waals surface area contributed by atoms with E-state index in [4.69, 9.17) is 10.7 Å². The molecule has 0 unspecified atom stereocenters. The first-order chi connectivity index (χ1) is 16.7. The summed E-state index contributed by atoms with van der Waals surface area (Å²) in [4.78, 5) is 16.4. The first kappa shape index (κ1) is 23.2. The molecule has 1 aliphatic rings. The second kappa shape index (κ2) is 8.88. The minimum atomic E-state index is -0.722. The van der Waals surface area contributed by atoms with Gasteiger partial charge in [0.15, 0.2) is 5.82 Å². The number of imidazole rings is 1. The van der Waals surface area contributed by atoms with E-state index in [1.807, 2.05) is 32.0 Å². The second-order valence-corrected chi connectivity index (χ2v) is 9.32. The van der Waals surface area contributed by atoms with Crippen LogP contribution in [0.3, 0.4) is 0 Å². The van der Waals surface area contributed by atoms with Gasteiger partial charge in [-0.05, 0) is 43.0 Å². The average Bonchev–Trinajstić information content (AvgIpc) is 3.22. The molecule has 0 aliphatic carbocycles. The van der Waals surface area contributed by atoms with Gasteiger partial charge in [0.05, 0.1) is 16.8 Å². The van der Waals surface area contributed by atoms with Gasteiger partial charge in [-0.25, -0.2) is 23.1 Å². The zero-order chi connectivity index (χ0) is 24.9. The van der Waals surface area contributed by atoms with Gasteiger partial charge in [0.25, 0.3) is 0 Å². The minimum Gasteiger partial charge on any atom is -0.370 e. The molecule has 0 bridgehead atoms. The number of aromatic amines is 1. The number of aryl methyl sites for hydroxylation is 1. The fourth-order valence-corrected chi connectivity index (χ4v) is 4.76. The first-order valence-corrected chi connectivity index (χ1v) is 11.5. The van der Waals surface area contributed by atoms with E-state index in [0.29, 0.717) is 35.9 Å². The van der Waals surface area contributed by atoms with Crippen molar-refractivity contribution in [2.24, 2.45) is 5.73 Å². The van der Waals surface area contributed by atoms with Crippen molar-refractivity contribution < 1.29 is 13.2 Å². The molecule has 6 nitrogen and oxygen atoms in total. The van der Waals surface area contributed by atoms with Crippen molar-refractivity contribution in [2.45, 2.75) is 25.8 Å². The quantitative estimate of drug-likeness (QED) is 0.430. The Balaban J connectivity index is 1.82. The van der Waals surface area contributed by atoms with Gasteiger partial charge in [-0.15, -0.1) is 0 Å². The number of anilines is 2. The standard InChI is InChI=1S/C26H27F3N6/c1-14-8-15(10-16(27)9-14)19-13-31-26(34(2)3)22(24(19)35-6-4-18(30)5-7-35)25-32-21-12-17(28)11-20(29)23(21)33-25/h8-13,18H,4-7,30H2,1-3H3,(H,32,33). The number of nitrogens with zero attached hydrogens (tertiary/aromatic N) is 4. The zero-order valence-corrected chi connectivity index (χ0v) is 19.9. The number of H-pyrrole nitrogens is 1. The lowest BCUT2D eigenvalue weighted by molar-refractivity contribution is 0.501. The number of nitrogens with one attached hydrogen (secondary N) is 1. The SMILES string of the molecule is Cc1cc(F)cc(-c2cnc(N(C)C)c(-c3nc4cc(F)cc(F)c4[nH]3)c2N2CCC(N)CC2)c1. The summed E-state index contributed by atoms with van der Waals surface area (Å²) in [5.41, 5.74) is 10.1. The molecule has 3 N–H and O–H groups in total. The fraction of sp³-hybridized carbons (Fsp3) is 0.308. The van der Waals surface area contributed by atoms with Crippen molar-refractivity contribution in [1.29, 1.82) is 0 Å². The summed E-state index contributed by atoms with van der Waals surface area (Å²) < 4.78 is 42.9. The monoisotopic (exact) mass is 480 g/mol. The Morgan fingerprint density at radius 2 is 1.74 bits per heavy atom. The summed E-state index contributed by atoms with van der Waals surface area (Å²) in [6, 6.07) is 6.99. The Morgan fingerprint density at radius 1 is 1.03 bits per heavy atom. The molecule has 4 aromatic rings. The zero-order valence-electron chi connectivity index (χ0n) is 19.9. The summed E-state index contributed by atoms with van der Waals surface area (Å²) in [7, 11) is 3.72. The molecule has 0 saturated carbocycles. The van der Waals surface area contributed by atoms with Gasteiger partial charge in [-0.2, -0.15) is 0 Å². The van der Waals surface area contributed by atoms with E-state index >= 15 is 0 Å². The molecule has 3 heterocycles. The molecular weight excluding hydrogens is 453 g/mol. The van der Waals surface area contributed by atoms with Crippen LogP contribution in [0, 0.1) is 24.4 Å². The molecule has 9 heteroatoms. The largest absolute Gasteiger partial charge is 0.370 e. The highest BCUT2D eigenvalue weighted by Crippen LogP contribution is 2.44. The molecule has 0 spiro atoms. The van der Waals surface area contributed by atoms with Crippen LogP contribution in [0.1, 0.15) is 18.4 Å². The average molecular weight is 481 g/mol. The van der Waals surface area contributed by atoms with E-state index in [2.05, 4.69) is 14.9 Å². The minimum absolute atomic E-state index is 0.105. The lowest BCUT2D eigenvalue weighted by atomic mass is 9.96. The molecule has 1 fully saturated rings. The summed E-state index contributed by atoms with van der Waals surface area (Å²) in [6.07, 6.45) is 3.32. The number of hydrogen-bond acceptors (Lipinski definition) is 5. The van der Waals surface area contributed by atoms with Crippen molar-refractivity contribution in [3.05, 3.63) is 59.5 Å². The van der Waals surface area contributed by atoms with Crippen LogP contribution in [0.4, 0.5) is 24.7 Å². The molecule has 5 rings (SSSR count). The third kappa shape index (κ3) is 4.32. The number of halogens is 3. The molecule has 2 aromatic carbocycles. The van der Waals surface area contributed by atoms with E-state index in [1.165, 1.54) is 18.2 Å². The van der Waals surface area contributed by atoms with Gasteiger partial charge in [-0.3, -0.25) is 0 Å². The van der Waals surface area contributed by atoms with Crippen molar-refractivity contribution in [3.8, 4) is 22.5 Å². The van der Waals surface area contributed by atoms with Crippen LogP contribution in [-0.4, -0.2) is 48.2 Å². The van der Waals surface area contributed by atoms with E-state index in [9.17, 15) is 13.2 Å². The summed E-state index contributed by atoms with van der Waals surface area (Å²) in [6.45, 7) is 3.22. The molecule has 1 saturated heterocycles. The number of benzene rings is 2. The number of fused-ring (bicyclic) bond motifs is 1. The summed E-state index contributed by atoms with van der Waals surface area (Å²) in [5, 5.41) is 0. The van der Waals surface area contributed by atoms with Crippen molar-refractivity contribution in [1.82, 2.24) is 15.0 Å². The van der Waals surface area contributed by atoms with Crippen LogP contribution in [-0.2, 0) is 0 Å². The summed E-state index contributed by atoms with van der Waals surface area (Å²) >= 11 is 0. The molecule has 2 aromatic heterocycles. The van der Waals surface area contributed by atoms with Gasteiger partial charge in [0.2, 0.25) is 0 Å². The maximum atomic E-state index is 14.6. The van der Waals surface area contributed by atoms with Crippen molar-refractivity contribution in [2.75, 3.05) is 37.0 Å². The predicted molar refractivity (Wildman–Crippen MR) is 133 cm³/mol. The van der Waals surface area contributed by atoms with Crippen LogP contribution >= 0.6 is 0 Å². The van der Waals surface area contributed by atoms with E-state index in [1.54, 1.807) is 6.20 Å². The van der Waals surface area contributed by atoms with Gasteiger partial charge >= 0.3 is 0 Å². The lowest BCUT2D eigenvalue weighted by Crippen LogP contribution is -2.40. The Bertz CT molecular complexity index is 1390. The maximum Gasteiger partial charge on any atom is 0.151 e. The topological polar surface area (TPSA) is 74.1 Å². The third-order valence-corrected chi connectivity index (χ3v) is 6.41.